The van der Waals surface area contributed by atoms with Gasteiger partial charge in [-0.15, -0.1) is 0 Å². The molecule has 3 N–H and O–H groups in total. The zero-order chi connectivity index (χ0) is 12.7. The monoisotopic (exact) mass is 242 g/mol. The molecule has 2 amide bonds. The topological polar surface area (TPSA) is 61.4 Å². The minimum atomic E-state index is -0.0788. The van der Waals surface area contributed by atoms with Gasteiger partial charge in [0, 0.05) is 18.7 Å². The first-order chi connectivity index (χ1) is 8.15. The van der Waals surface area contributed by atoms with Gasteiger partial charge in [0.2, 0.25) is 0 Å². The molecule has 1 aliphatic carbocycles. The van der Waals surface area contributed by atoms with E-state index in [-0.39, 0.29) is 18.7 Å². The zero-order valence-corrected chi connectivity index (χ0v) is 11.0. The number of nitrogens with one attached hydrogen (secondary N) is 2. The number of aliphatic hydroxyl groups is 1. The number of hydrogen-bond donors (Lipinski definition) is 3. The minimum absolute atomic E-state index is 0.0788. The average Bonchev–Trinajstić information content (AvgIpc) is 2.31. The van der Waals surface area contributed by atoms with Gasteiger partial charge in [0.25, 0.3) is 0 Å². The van der Waals surface area contributed by atoms with Crippen molar-refractivity contribution in [1.29, 1.82) is 0 Å². The molecule has 1 rings (SSSR count). The molecule has 17 heavy (non-hydrogen) atoms. The van der Waals surface area contributed by atoms with Gasteiger partial charge in [-0.2, -0.15) is 0 Å². The van der Waals surface area contributed by atoms with Crippen LogP contribution in [0.15, 0.2) is 0 Å². The van der Waals surface area contributed by atoms with Crippen LogP contribution in [0.5, 0.6) is 0 Å². The highest BCUT2D eigenvalue weighted by atomic mass is 16.3. The summed E-state index contributed by atoms with van der Waals surface area (Å²) in [5, 5.41) is 14.8. The largest absolute Gasteiger partial charge is 0.396 e. The molecular weight excluding hydrogens is 216 g/mol. The molecule has 1 atom stereocenters. The predicted octanol–water partition coefficient (Wildman–Crippen LogP) is 2.03. The van der Waals surface area contributed by atoms with Crippen LogP contribution in [-0.4, -0.2) is 29.8 Å². The van der Waals surface area contributed by atoms with Crippen molar-refractivity contribution in [2.75, 3.05) is 6.61 Å². The maximum atomic E-state index is 11.7. The Kier molecular flexibility index (Phi) is 6.34. The second-order valence-electron chi connectivity index (χ2n) is 5.19. The number of hydrogen-bond acceptors (Lipinski definition) is 2. The molecule has 0 aromatic carbocycles. The van der Waals surface area contributed by atoms with E-state index in [4.69, 9.17) is 5.11 Å². The number of amides is 2. The summed E-state index contributed by atoms with van der Waals surface area (Å²) in [5.74, 6) is 0.800. The summed E-state index contributed by atoms with van der Waals surface area (Å²) in [6.07, 6.45) is 6.08. The second-order valence-corrected chi connectivity index (χ2v) is 5.19. The molecule has 0 radical (unpaired) electrons. The van der Waals surface area contributed by atoms with E-state index in [0.29, 0.717) is 12.5 Å². The first-order valence-corrected chi connectivity index (χ1v) is 6.83. The average molecular weight is 242 g/mol. The number of urea groups is 1. The molecule has 0 bridgehead atoms. The van der Waals surface area contributed by atoms with Crippen LogP contribution in [0, 0.1) is 5.92 Å². The fourth-order valence-electron chi connectivity index (χ4n) is 2.35. The molecule has 0 aliphatic heterocycles. The van der Waals surface area contributed by atoms with Crippen molar-refractivity contribution in [3.05, 3.63) is 0 Å². The van der Waals surface area contributed by atoms with Crippen molar-refractivity contribution >= 4 is 6.03 Å². The fraction of sp³-hybridized carbons (Fsp3) is 0.923. The quantitative estimate of drug-likeness (QED) is 0.690. The van der Waals surface area contributed by atoms with Crippen LogP contribution in [0.1, 0.15) is 52.4 Å². The Hall–Kier alpha value is -0.770. The van der Waals surface area contributed by atoms with E-state index in [2.05, 4.69) is 17.6 Å². The molecule has 100 valence electrons. The molecule has 1 saturated carbocycles. The summed E-state index contributed by atoms with van der Waals surface area (Å²) in [6.45, 7) is 4.41. The van der Waals surface area contributed by atoms with Crippen molar-refractivity contribution < 1.29 is 9.90 Å². The van der Waals surface area contributed by atoms with Crippen molar-refractivity contribution in [1.82, 2.24) is 10.6 Å². The lowest BCUT2D eigenvalue weighted by Crippen LogP contribution is -2.47. The Labute approximate surface area is 104 Å². The van der Waals surface area contributed by atoms with E-state index in [1.807, 2.05) is 6.92 Å². The lowest BCUT2D eigenvalue weighted by molar-refractivity contribution is 0.218. The van der Waals surface area contributed by atoms with E-state index in [1.54, 1.807) is 0 Å². The predicted molar refractivity (Wildman–Crippen MR) is 68.9 cm³/mol. The Morgan fingerprint density at radius 1 is 1.35 bits per heavy atom. The van der Waals surface area contributed by atoms with Gasteiger partial charge in [-0.05, 0) is 44.4 Å². The van der Waals surface area contributed by atoms with Crippen LogP contribution in [0.2, 0.25) is 0 Å². The molecule has 4 nitrogen and oxygen atoms in total. The third-order valence-electron chi connectivity index (χ3n) is 3.66. The minimum Gasteiger partial charge on any atom is -0.396 e. The number of carbonyl (C=O) groups excluding carboxylic acids is 1. The van der Waals surface area contributed by atoms with Gasteiger partial charge in [-0.25, -0.2) is 4.79 Å². The molecule has 0 spiro atoms. The molecule has 1 unspecified atom stereocenters. The van der Waals surface area contributed by atoms with Crippen LogP contribution in [0.4, 0.5) is 4.79 Å². The smallest absolute Gasteiger partial charge is 0.315 e. The van der Waals surface area contributed by atoms with E-state index in [0.717, 1.165) is 25.2 Å². The van der Waals surface area contributed by atoms with E-state index in [9.17, 15) is 4.79 Å². The summed E-state index contributed by atoms with van der Waals surface area (Å²) >= 11 is 0. The Morgan fingerprint density at radius 2 is 2.00 bits per heavy atom. The number of carbonyl (C=O) groups is 1. The van der Waals surface area contributed by atoms with Gasteiger partial charge in [0.15, 0.2) is 0 Å². The molecule has 0 aromatic rings. The first kappa shape index (κ1) is 14.3. The van der Waals surface area contributed by atoms with Crippen LogP contribution >= 0.6 is 0 Å². The molecule has 1 aliphatic rings. The highest BCUT2D eigenvalue weighted by molar-refractivity contribution is 5.74. The van der Waals surface area contributed by atoms with Gasteiger partial charge >= 0.3 is 6.03 Å². The van der Waals surface area contributed by atoms with Crippen LogP contribution in [-0.2, 0) is 0 Å². The van der Waals surface area contributed by atoms with E-state index in [1.165, 1.54) is 12.8 Å². The van der Waals surface area contributed by atoms with Gasteiger partial charge in [0.1, 0.15) is 0 Å². The number of rotatable bonds is 5. The SMILES string of the molecule is CCC(CCO)NC(=O)NC1CCC(C)CC1. The molecule has 1 fully saturated rings. The van der Waals surface area contributed by atoms with Gasteiger partial charge in [-0.1, -0.05) is 13.8 Å². The van der Waals surface area contributed by atoms with Crippen molar-refractivity contribution in [3.8, 4) is 0 Å². The van der Waals surface area contributed by atoms with Crippen molar-refractivity contribution in [3.63, 3.8) is 0 Å². The van der Waals surface area contributed by atoms with Crippen LogP contribution < -0.4 is 10.6 Å². The van der Waals surface area contributed by atoms with Crippen molar-refractivity contribution in [2.45, 2.75) is 64.5 Å². The molecular formula is C13H26N2O2. The third-order valence-corrected chi connectivity index (χ3v) is 3.66. The summed E-state index contributed by atoms with van der Waals surface area (Å²) in [7, 11) is 0. The van der Waals surface area contributed by atoms with Gasteiger partial charge in [-0.3, -0.25) is 0 Å². The molecule has 4 heteroatoms. The Morgan fingerprint density at radius 3 is 2.53 bits per heavy atom. The molecule has 0 aromatic heterocycles. The Balaban J connectivity index is 2.24. The number of aliphatic hydroxyl groups excluding tert-OH is 1. The normalized spacial score (nSPS) is 26.3. The third kappa shape index (κ3) is 5.39. The first-order valence-electron chi connectivity index (χ1n) is 6.83. The van der Waals surface area contributed by atoms with E-state index < -0.39 is 0 Å². The summed E-state index contributed by atoms with van der Waals surface area (Å²) < 4.78 is 0. The summed E-state index contributed by atoms with van der Waals surface area (Å²) in [5.41, 5.74) is 0. The van der Waals surface area contributed by atoms with Crippen LogP contribution in [0.25, 0.3) is 0 Å². The molecule has 0 saturated heterocycles. The molecule has 0 heterocycles. The second kappa shape index (κ2) is 7.54. The summed E-state index contributed by atoms with van der Waals surface area (Å²) in [4.78, 5) is 11.7. The van der Waals surface area contributed by atoms with Crippen LogP contribution in [0.3, 0.4) is 0 Å². The zero-order valence-electron chi connectivity index (χ0n) is 11.0. The lowest BCUT2D eigenvalue weighted by atomic mass is 9.87. The Bertz CT molecular complexity index is 225. The van der Waals surface area contributed by atoms with Gasteiger partial charge < -0.3 is 15.7 Å². The van der Waals surface area contributed by atoms with E-state index >= 15 is 0 Å². The van der Waals surface area contributed by atoms with Crippen molar-refractivity contribution in [2.24, 2.45) is 5.92 Å². The maximum absolute atomic E-state index is 11.7. The van der Waals surface area contributed by atoms with Gasteiger partial charge in [0.05, 0.1) is 0 Å². The highest BCUT2D eigenvalue weighted by Gasteiger charge is 2.20. The lowest BCUT2D eigenvalue weighted by Gasteiger charge is -2.27. The fourth-order valence-corrected chi connectivity index (χ4v) is 2.35. The maximum Gasteiger partial charge on any atom is 0.315 e. The summed E-state index contributed by atoms with van der Waals surface area (Å²) in [6, 6.07) is 0.338. The highest BCUT2D eigenvalue weighted by Crippen LogP contribution is 2.23. The standard InChI is InChI=1S/C13H26N2O2/c1-3-11(8-9-16)14-13(17)15-12-6-4-10(2)5-7-12/h10-12,16H,3-9H2,1-2H3,(H2,14,15,17).